The van der Waals surface area contributed by atoms with E-state index < -0.39 is 18.8 Å². The van der Waals surface area contributed by atoms with Gasteiger partial charge in [-0.1, -0.05) is 13.3 Å². The number of likely N-dealkylation sites (tertiary alicyclic amines) is 1. The van der Waals surface area contributed by atoms with Crippen molar-refractivity contribution in [3.05, 3.63) is 29.6 Å². The second kappa shape index (κ2) is 7.10. The molecule has 28 heavy (non-hydrogen) atoms. The summed E-state index contributed by atoms with van der Waals surface area (Å²) in [7, 11) is 0. The number of hydrogen-bond acceptors (Lipinski definition) is 3. The molecule has 0 spiro atoms. The molecule has 2 N–H and O–H groups in total. The van der Waals surface area contributed by atoms with Crippen LogP contribution in [-0.4, -0.2) is 53.7 Å². The predicted octanol–water partition coefficient (Wildman–Crippen LogP) is 3.77. The van der Waals surface area contributed by atoms with Crippen LogP contribution < -0.4 is 5.32 Å². The quantitative estimate of drug-likeness (QED) is 0.806. The minimum atomic E-state index is -4.42. The first-order valence-corrected chi connectivity index (χ1v) is 9.43. The summed E-state index contributed by atoms with van der Waals surface area (Å²) in [6.07, 6.45) is 2.67. The summed E-state index contributed by atoms with van der Waals surface area (Å²) < 4.78 is 37.3. The Morgan fingerprint density at radius 2 is 2.21 bits per heavy atom. The first-order valence-electron chi connectivity index (χ1n) is 9.43. The van der Waals surface area contributed by atoms with Crippen LogP contribution in [0.2, 0.25) is 0 Å². The van der Waals surface area contributed by atoms with Gasteiger partial charge < -0.3 is 15.2 Å². The maximum Gasteiger partial charge on any atom is 0.405 e. The molecule has 4 rings (SSSR count). The van der Waals surface area contributed by atoms with E-state index in [2.05, 4.69) is 15.0 Å². The topological polar surface area (TPSA) is 72.8 Å². The molecule has 0 radical (unpaired) electrons. The van der Waals surface area contributed by atoms with Gasteiger partial charge in [0, 0.05) is 49.3 Å². The summed E-state index contributed by atoms with van der Waals surface area (Å²) in [5.41, 5.74) is 3.14. The van der Waals surface area contributed by atoms with Crippen molar-refractivity contribution in [1.82, 2.24) is 15.2 Å². The van der Waals surface area contributed by atoms with E-state index in [1.165, 1.54) is 4.90 Å². The molecule has 0 saturated carbocycles. The number of carbonyl (C=O) groups excluding carboxylic acids is 1. The Balaban J connectivity index is 1.55. The average Bonchev–Trinajstić information content (AvgIpc) is 3.27. The van der Waals surface area contributed by atoms with Gasteiger partial charge in [0.2, 0.25) is 0 Å². The number of halogens is 3. The van der Waals surface area contributed by atoms with Crippen LogP contribution in [0.5, 0.6) is 0 Å². The summed E-state index contributed by atoms with van der Waals surface area (Å²) in [6, 6.07) is 1.36. The summed E-state index contributed by atoms with van der Waals surface area (Å²) in [4.78, 5) is 25.9. The monoisotopic (exact) mass is 393 g/mol. The van der Waals surface area contributed by atoms with Gasteiger partial charge in [-0.2, -0.15) is 13.2 Å². The number of aliphatic imine (C=N–C) groups is 2. The van der Waals surface area contributed by atoms with Crippen molar-refractivity contribution in [3.8, 4) is 0 Å². The Hall–Kier alpha value is -2.58. The van der Waals surface area contributed by atoms with Gasteiger partial charge in [0.15, 0.2) is 0 Å². The molecule has 9 heteroatoms. The number of aromatic nitrogens is 1. The standard InChI is InChI=1S/C19H22F3N5O/c1-2-11-8-27(18(28)26-10-19(20,21)22)9-16(11)15-7-24-12-5-14(15)13-3-4-23-17(13)25-6-12/h3-4,6-7,11,14,16,23H,2,5,8-10H2,1H3,(H,26,28)/t11-,14+,16+/m1/s1. The first kappa shape index (κ1) is 18.8. The molecule has 0 aromatic carbocycles. The van der Waals surface area contributed by atoms with Gasteiger partial charge >= 0.3 is 12.2 Å². The van der Waals surface area contributed by atoms with Crippen LogP contribution >= 0.6 is 0 Å². The van der Waals surface area contributed by atoms with Crippen molar-refractivity contribution in [2.24, 2.45) is 21.8 Å². The number of carbonyl (C=O) groups is 1. The molecule has 150 valence electrons. The predicted molar refractivity (Wildman–Crippen MR) is 100 cm³/mol. The average molecular weight is 393 g/mol. The minimum absolute atomic E-state index is 0.0674. The third-order valence-corrected chi connectivity index (χ3v) is 5.79. The Bertz CT molecular complexity index is 854. The van der Waals surface area contributed by atoms with Crippen LogP contribution in [0.1, 0.15) is 31.2 Å². The summed E-state index contributed by atoms with van der Waals surface area (Å²) in [5, 5.41) is 1.99. The zero-order valence-corrected chi connectivity index (χ0v) is 15.5. The second-order valence-electron chi connectivity index (χ2n) is 7.50. The third-order valence-electron chi connectivity index (χ3n) is 5.79. The molecule has 4 heterocycles. The third kappa shape index (κ3) is 3.57. The first-order chi connectivity index (χ1) is 13.4. The molecule has 1 saturated heterocycles. The largest absolute Gasteiger partial charge is 0.405 e. The molecule has 3 atom stereocenters. The molecule has 3 aliphatic heterocycles. The Morgan fingerprint density at radius 1 is 1.39 bits per heavy atom. The van der Waals surface area contributed by atoms with Crippen molar-refractivity contribution < 1.29 is 18.0 Å². The Kier molecular flexibility index (Phi) is 4.76. The lowest BCUT2D eigenvalue weighted by Gasteiger charge is -2.29. The molecule has 1 aromatic rings. The van der Waals surface area contributed by atoms with E-state index in [0.29, 0.717) is 13.1 Å². The summed E-state index contributed by atoms with van der Waals surface area (Å²) >= 11 is 0. The number of fused-ring (bicyclic) bond motifs is 4. The van der Waals surface area contributed by atoms with Crippen LogP contribution in [0.25, 0.3) is 0 Å². The number of hydrogen-bond donors (Lipinski definition) is 2. The lowest BCUT2D eigenvalue weighted by atomic mass is 9.76. The molecule has 2 amide bonds. The van der Waals surface area contributed by atoms with Gasteiger partial charge in [-0.25, -0.2) is 9.79 Å². The highest BCUT2D eigenvalue weighted by Crippen LogP contribution is 2.45. The van der Waals surface area contributed by atoms with Crippen molar-refractivity contribution in [3.63, 3.8) is 0 Å². The van der Waals surface area contributed by atoms with E-state index >= 15 is 0 Å². The van der Waals surface area contributed by atoms with Gasteiger partial charge in [0.1, 0.15) is 12.4 Å². The number of H-pyrrole nitrogens is 1. The number of amides is 2. The van der Waals surface area contributed by atoms with E-state index in [1.54, 1.807) is 6.21 Å². The number of rotatable bonds is 3. The number of alkyl halides is 3. The number of aromatic amines is 1. The molecule has 0 aliphatic carbocycles. The van der Waals surface area contributed by atoms with Crippen LogP contribution in [-0.2, 0) is 0 Å². The Labute approximate surface area is 160 Å². The minimum Gasteiger partial charge on any atom is -0.346 e. The van der Waals surface area contributed by atoms with Gasteiger partial charge in [0.25, 0.3) is 0 Å². The maximum atomic E-state index is 12.4. The van der Waals surface area contributed by atoms with E-state index in [1.807, 2.05) is 30.7 Å². The van der Waals surface area contributed by atoms with Crippen LogP contribution in [0, 0.1) is 11.8 Å². The molecule has 2 bridgehead atoms. The molecular formula is C19H22F3N5O. The fourth-order valence-corrected chi connectivity index (χ4v) is 4.38. The maximum absolute atomic E-state index is 12.4. The van der Waals surface area contributed by atoms with E-state index in [4.69, 9.17) is 0 Å². The molecule has 6 nitrogen and oxygen atoms in total. The zero-order chi connectivity index (χ0) is 19.9. The smallest absolute Gasteiger partial charge is 0.346 e. The van der Waals surface area contributed by atoms with Gasteiger partial charge in [-0.05, 0) is 17.6 Å². The molecule has 0 unspecified atom stereocenters. The van der Waals surface area contributed by atoms with E-state index in [0.717, 1.165) is 35.5 Å². The molecule has 1 aromatic heterocycles. The van der Waals surface area contributed by atoms with Crippen LogP contribution in [0.15, 0.2) is 34.0 Å². The highest BCUT2D eigenvalue weighted by Gasteiger charge is 2.41. The lowest BCUT2D eigenvalue weighted by molar-refractivity contribution is -0.123. The van der Waals surface area contributed by atoms with Crippen molar-refractivity contribution in [2.75, 3.05) is 19.6 Å². The van der Waals surface area contributed by atoms with Crippen molar-refractivity contribution in [2.45, 2.75) is 31.9 Å². The SMILES string of the molecule is CC[C@@H]1CN(C(=O)NCC(F)(F)F)C[C@@H]1C1=CN=C2C=Nc3[nH]ccc3[C@@H]1C2. The van der Waals surface area contributed by atoms with Crippen LogP contribution in [0.4, 0.5) is 23.8 Å². The van der Waals surface area contributed by atoms with Gasteiger partial charge in [-0.15, -0.1) is 0 Å². The Morgan fingerprint density at radius 3 is 2.96 bits per heavy atom. The van der Waals surface area contributed by atoms with Gasteiger partial charge in [0.05, 0.1) is 11.9 Å². The highest BCUT2D eigenvalue weighted by molar-refractivity contribution is 6.32. The summed E-state index contributed by atoms with van der Waals surface area (Å²) in [5.74, 6) is 1.19. The fraction of sp³-hybridized carbons (Fsp3) is 0.526. The van der Waals surface area contributed by atoms with Crippen molar-refractivity contribution >= 4 is 23.8 Å². The molecular weight excluding hydrogens is 371 g/mol. The number of nitrogens with zero attached hydrogens (tertiary/aromatic N) is 3. The second-order valence-corrected chi connectivity index (χ2v) is 7.50. The molecule has 3 aliphatic rings. The van der Waals surface area contributed by atoms with Crippen molar-refractivity contribution in [1.29, 1.82) is 0 Å². The normalized spacial score (nSPS) is 26.4. The highest BCUT2D eigenvalue weighted by atomic mass is 19.4. The summed E-state index contributed by atoms with van der Waals surface area (Å²) in [6.45, 7) is 1.58. The van der Waals surface area contributed by atoms with Crippen LogP contribution in [0.3, 0.4) is 0 Å². The lowest BCUT2D eigenvalue weighted by Crippen LogP contribution is -2.43. The van der Waals surface area contributed by atoms with E-state index in [9.17, 15) is 18.0 Å². The van der Waals surface area contributed by atoms with Gasteiger partial charge in [-0.3, -0.25) is 4.99 Å². The zero-order valence-electron chi connectivity index (χ0n) is 15.5. The fourth-order valence-electron chi connectivity index (χ4n) is 4.38. The number of nitrogens with one attached hydrogen (secondary N) is 2. The molecule has 1 fully saturated rings. The number of urea groups is 1. The van der Waals surface area contributed by atoms with E-state index in [-0.39, 0.29) is 17.8 Å².